The zero-order chi connectivity index (χ0) is 46.5. The molecule has 0 heterocycles. The second kappa shape index (κ2) is 27.4. The van der Waals surface area contributed by atoms with Crippen LogP contribution in [0.1, 0.15) is 93.2 Å². The molecular formula is C56H67Cl2N2O5P. The Morgan fingerprint density at radius 1 is 0.485 bits per heavy atom. The Labute approximate surface area is 404 Å². The molecule has 10 heteroatoms. The molecular weight excluding hydrogens is 883 g/mol. The predicted octanol–water partition coefficient (Wildman–Crippen LogP) is 13.9. The van der Waals surface area contributed by atoms with E-state index in [1.54, 1.807) is 0 Å². The van der Waals surface area contributed by atoms with Gasteiger partial charge in [0.1, 0.15) is 11.5 Å². The average molecular weight is 950 g/mol. The molecule has 0 amide bonds. The van der Waals surface area contributed by atoms with Gasteiger partial charge in [-0.2, -0.15) is 0 Å². The van der Waals surface area contributed by atoms with Crippen LogP contribution in [0.3, 0.4) is 0 Å². The molecule has 0 aliphatic heterocycles. The first kappa shape index (κ1) is 51.0. The Hall–Kier alpha value is -4.43. The van der Waals surface area contributed by atoms with Crippen LogP contribution >= 0.6 is 31.5 Å². The van der Waals surface area contributed by atoms with Crippen LogP contribution in [0, 0.1) is 27.7 Å². The van der Waals surface area contributed by atoms with Crippen molar-refractivity contribution in [1.29, 1.82) is 0 Å². The molecule has 0 spiro atoms. The Morgan fingerprint density at radius 2 is 0.894 bits per heavy atom. The molecule has 0 aliphatic carbocycles. The zero-order valence-electron chi connectivity index (χ0n) is 39.1. The normalized spacial score (nSPS) is 12.8. The molecule has 2 atom stereocenters. The van der Waals surface area contributed by atoms with E-state index in [0.29, 0.717) is 38.3 Å². The van der Waals surface area contributed by atoms with Gasteiger partial charge in [0.2, 0.25) is 0 Å². The second-order valence-corrected chi connectivity index (χ2v) is 19.3. The second-order valence-electron chi connectivity index (χ2n) is 17.3. The summed E-state index contributed by atoms with van der Waals surface area (Å²) in [6, 6.07) is 46.3. The monoisotopic (exact) mass is 948 g/mol. The van der Waals surface area contributed by atoms with E-state index in [4.69, 9.17) is 41.7 Å². The fourth-order valence-corrected chi connectivity index (χ4v) is 9.08. The molecule has 2 unspecified atom stereocenters. The maximum atomic E-state index is 12.3. The lowest BCUT2D eigenvalue weighted by Crippen LogP contribution is -2.16. The molecule has 0 radical (unpaired) electrons. The van der Waals surface area contributed by atoms with Crippen molar-refractivity contribution in [3.8, 4) is 11.5 Å². The van der Waals surface area contributed by atoms with E-state index < -0.39 is 8.25 Å². The highest BCUT2D eigenvalue weighted by Gasteiger charge is 2.16. The van der Waals surface area contributed by atoms with Crippen molar-refractivity contribution in [2.24, 2.45) is 0 Å². The van der Waals surface area contributed by atoms with Gasteiger partial charge >= 0.3 is 8.25 Å². The lowest BCUT2D eigenvalue weighted by molar-refractivity contribution is 0.220. The van der Waals surface area contributed by atoms with E-state index in [1.807, 2.05) is 48.5 Å². The summed E-state index contributed by atoms with van der Waals surface area (Å²) in [5.74, 6) is 2.31. The van der Waals surface area contributed by atoms with Crippen LogP contribution in [0.5, 0.6) is 11.5 Å². The lowest BCUT2D eigenvalue weighted by atomic mass is 9.88. The highest BCUT2D eigenvalue weighted by atomic mass is 35.5. The summed E-state index contributed by atoms with van der Waals surface area (Å²) in [5, 5.41) is 8.39. The van der Waals surface area contributed by atoms with Crippen LogP contribution in [-0.2, 0) is 39.5 Å². The standard InChI is InChI=1S/C56H67Cl2N2O5P/c1-41-13-15-47(33-43(41)3)35-51(49-9-5-11-53(57)37-49)25-31-62-55-21-17-45(18-22-55)39-59-27-7-29-64-66(61)65-30-8-28-60-40-46-19-23-56(24-20-46)63-32-26-52(50-10-6-12-54(58)38-50)36-48-16-14-42(2)44(4)34-48/h5-6,9-24,33-34,37-38,51-52,59-60,66H,7-8,25-32,35-36,39-40H2,1-4H3. The topological polar surface area (TPSA) is 78.1 Å². The Bertz CT molecular complexity index is 2250. The van der Waals surface area contributed by atoms with Gasteiger partial charge in [-0.1, -0.05) is 108 Å². The molecule has 2 N–H and O–H groups in total. The fourth-order valence-electron chi connectivity index (χ4n) is 7.98. The van der Waals surface area contributed by atoms with Crippen LogP contribution < -0.4 is 20.1 Å². The first-order valence-corrected chi connectivity index (χ1v) is 25.3. The molecule has 350 valence electrons. The van der Waals surface area contributed by atoms with Gasteiger partial charge in [-0.05, 0) is 195 Å². The zero-order valence-corrected chi connectivity index (χ0v) is 41.6. The molecule has 6 aromatic carbocycles. The number of rotatable bonds is 28. The first-order chi connectivity index (χ1) is 32.1. The minimum absolute atomic E-state index is 0.298. The Morgan fingerprint density at radius 3 is 1.29 bits per heavy atom. The molecule has 0 fully saturated rings. The van der Waals surface area contributed by atoms with E-state index in [0.717, 1.165) is 86.2 Å². The molecule has 0 saturated heterocycles. The van der Waals surface area contributed by atoms with Crippen molar-refractivity contribution in [2.75, 3.05) is 39.5 Å². The molecule has 0 bridgehead atoms. The summed E-state index contributed by atoms with van der Waals surface area (Å²) in [6.45, 7) is 13.6. The van der Waals surface area contributed by atoms with Gasteiger partial charge in [-0.3, -0.25) is 4.57 Å². The molecule has 0 aromatic heterocycles. The number of ether oxygens (including phenoxy) is 2. The maximum absolute atomic E-state index is 12.3. The lowest BCUT2D eigenvalue weighted by Gasteiger charge is -2.19. The molecule has 7 nitrogen and oxygen atoms in total. The Balaban J connectivity index is 0.785. The van der Waals surface area contributed by atoms with Crippen molar-refractivity contribution in [2.45, 2.75) is 91.1 Å². The molecule has 6 aromatic rings. The van der Waals surface area contributed by atoms with Crippen molar-refractivity contribution in [1.82, 2.24) is 10.6 Å². The van der Waals surface area contributed by atoms with Gasteiger partial charge in [0, 0.05) is 23.1 Å². The van der Waals surface area contributed by atoms with Gasteiger partial charge in [0.05, 0.1) is 26.4 Å². The average Bonchev–Trinajstić information content (AvgIpc) is 3.31. The Kier molecular flexibility index (Phi) is 21.2. The van der Waals surface area contributed by atoms with E-state index in [-0.39, 0.29) is 0 Å². The number of nitrogens with one attached hydrogen (secondary N) is 2. The third kappa shape index (κ3) is 17.7. The van der Waals surface area contributed by atoms with Crippen LogP contribution in [0.4, 0.5) is 0 Å². The largest absolute Gasteiger partial charge is 0.494 e. The number of hydrogen-bond donors (Lipinski definition) is 2. The quantitative estimate of drug-likeness (QED) is 0.0375. The summed E-state index contributed by atoms with van der Waals surface area (Å²) in [7, 11) is -2.52. The predicted molar refractivity (Wildman–Crippen MR) is 274 cm³/mol. The van der Waals surface area contributed by atoms with Crippen molar-refractivity contribution in [3.05, 3.63) is 199 Å². The number of hydrogen-bond acceptors (Lipinski definition) is 7. The SMILES string of the molecule is Cc1ccc(CC(CCOc2ccc(CNCCCO[PH](=O)OCCCNCc3ccc(OCCC(Cc4ccc(C)c(C)c4)c4cccc(Cl)c4)cc3)cc2)c2cccc(Cl)c2)cc1C. The van der Waals surface area contributed by atoms with Gasteiger partial charge in [0.25, 0.3) is 0 Å². The van der Waals surface area contributed by atoms with E-state index in [2.05, 4.69) is 123 Å². The number of benzene rings is 6. The first-order valence-electron chi connectivity index (χ1n) is 23.4. The van der Waals surface area contributed by atoms with Crippen LogP contribution in [0.15, 0.2) is 133 Å². The minimum Gasteiger partial charge on any atom is -0.494 e. The highest BCUT2D eigenvalue weighted by Crippen LogP contribution is 2.30. The smallest absolute Gasteiger partial charge is 0.319 e. The number of aryl methyl sites for hydroxylation is 4. The van der Waals surface area contributed by atoms with Crippen molar-refractivity contribution in [3.63, 3.8) is 0 Å². The van der Waals surface area contributed by atoms with Gasteiger partial charge in [-0.25, -0.2) is 0 Å². The van der Waals surface area contributed by atoms with Crippen LogP contribution in [0.25, 0.3) is 0 Å². The fraction of sp³-hybridized carbons (Fsp3) is 0.357. The van der Waals surface area contributed by atoms with Crippen LogP contribution in [0.2, 0.25) is 10.0 Å². The molecule has 0 saturated carbocycles. The summed E-state index contributed by atoms with van der Waals surface area (Å²) in [5.41, 5.74) is 12.7. The summed E-state index contributed by atoms with van der Waals surface area (Å²) in [6.07, 6.45) is 5.10. The van der Waals surface area contributed by atoms with Gasteiger partial charge < -0.3 is 29.2 Å². The van der Waals surface area contributed by atoms with E-state index in [9.17, 15) is 4.57 Å². The molecule has 6 rings (SSSR count). The third-order valence-electron chi connectivity index (χ3n) is 12.2. The highest BCUT2D eigenvalue weighted by molar-refractivity contribution is 7.33. The van der Waals surface area contributed by atoms with Crippen molar-refractivity contribution >= 4 is 31.5 Å². The van der Waals surface area contributed by atoms with E-state index in [1.165, 1.54) is 55.6 Å². The molecule has 0 aliphatic rings. The van der Waals surface area contributed by atoms with Gasteiger partial charge in [0.15, 0.2) is 0 Å². The summed E-state index contributed by atoms with van der Waals surface area (Å²) < 4.78 is 35.6. The van der Waals surface area contributed by atoms with Gasteiger partial charge in [-0.15, -0.1) is 0 Å². The number of halogens is 2. The maximum Gasteiger partial charge on any atom is 0.319 e. The van der Waals surface area contributed by atoms with Crippen molar-refractivity contribution < 1.29 is 23.1 Å². The minimum atomic E-state index is -2.52. The van der Waals surface area contributed by atoms with E-state index >= 15 is 0 Å². The summed E-state index contributed by atoms with van der Waals surface area (Å²) in [4.78, 5) is 0. The summed E-state index contributed by atoms with van der Waals surface area (Å²) >= 11 is 12.7. The van der Waals surface area contributed by atoms with Crippen LogP contribution in [-0.4, -0.2) is 39.5 Å². The third-order valence-corrected chi connectivity index (χ3v) is 13.5. The molecule has 66 heavy (non-hydrogen) atoms.